The van der Waals surface area contributed by atoms with Gasteiger partial charge in [0.1, 0.15) is 6.04 Å². The topological polar surface area (TPSA) is 121 Å². The van der Waals surface area contributed by atoms with Gasteiger partial charge in [0, 0.05) is 5.02 Å². The maximum Gasteiger partial charge on any atom is 0.325 e. The molecule has 6 nitrogen and oxygen atoms in total. The highest BCUT2D eigenvalue weighted by atomic mass is 35.5. The second kappa shape index (κ2) is 6.50. The number of nitrogens with two attached hydrogens (primary N) is 1. The standard InChI is InChI=1S/C11H15ClNO5P/c12-9-2-1-7(3-4-19(16,17)18)8(5-9)6-10(13)11(14)15/h1-2,5,10H,3-4,6,13H2,(H,14,15)(H2,16,17,18)/t10-/m0/s1. The van der Waals surface area contributed by atoms with E-state index in [9.17, 15) is 9.36 Å². The van der Waals surface area contributed by atoms with Crippen LogP contribution in [0.3, 0.4) is 0 Å². The van der Waals surface area contributed by atoms with Crippen molar-refractivity contribution in [1.82, 2.24) is 0 Å². The van der Waals surface area contributed by atoms with Gasteiger partial charge in [0.05, 0.1) is 6.16 Å². The minimum Gasteiger partial charge on any atom is -0.480 e. The maximum absolute atomic E-state index is 10.9. The van der Waals surface area contributed by atoms with Crippen LogP contribution < -0.4 is 5.73 Å². The SMILES string of the molecule is N[C@@H](Cc1cc(Cl)ccc1CCP(=O)(O)O)C(=O)O. The molecule has 19 heavy (non-hydrogen) atoms. The van der Waals surface area contributed by atoms with E-state index in [0.717, 1.165) is 0 Å². The molecule has 106 valence electrons. The third-order valence-electron chi connectivity index (χ3n) is 2.60. The summed E-state index contributed by atoms with van der Waals surface area (Å²) in [6.07, 6.45) is -0.0978. The van der Waals surface area contributed by atoms with Crippen molar-refractivity contribution in [2.75, 3.05) is 6.16 Å². The minimum absolute atomic E-state index is 0.0619. The van der Waals surface area contributed by atoms with Crippen LogP contribution in [0.5, 0.6) is 0 Å². The number of hydrogen-bond acceptors (Lipinski definition) is 3. The molecule has 0 aliphatic heterocycles. The molecular formula is C11H15ClNO5P. The second-order valence-corrected chi connectivity index (χ2v) is 6.41. The summed E-state index contributed by atoms with van der Waals surface area (Å²) in [6.45, 7) is 0. The predicted molar refractivity (Wildman–Crippen MR) is 71.4 cm³/mol. The van der Waals surface area contributed by atoms with E-state index in [1.807, 2.05) is 0 Å². The van der Waals surface area contributed by atoms with Gasteiger partial charge in [-0.25, -0.2) is 0 Å². The first-order chi connectivity index (χ1) is 8.69. The third kappa shape index (κ3) is 5.72. The van der Waals surface area contributed by atoms with Crippen LogP contribution in [0.15, 0.2) is 18.2 Å². The molecular weight excluding hydrogens is 293 g/mol. The fourth-order valence-corrected chi connectivity index (χ4v) is 2.35. The van der Waals surface area contributed by atoms with E-state index < -0.39 is 19.6 Å². The van der Waals surface area contributed by atoms with E-state index in [2.05, 4.69) is 0 Å². The number of carboxylic acids is 1. The Balaban J connectivity index is 2.91. The van der Waals surface area contributed by atoms with Crippen molar-refractivity contribution in [2.45, 2.75) is 18.9 Å². The largest absolute Gasteiger partial charge is 0.480 e. The lowest BCUT2D eigenvalue weighted by atomic mass is 9.99. The van der Waals surface area contributed by atoms with Crippen molar-refractivity contribution in [3.63, 3.8) is 0 Å². The smallest absolute Gasteiger partial charge is 0.325 e. The van der Waals surface area contributed by atoms with Crippen LogP contribution in [-0.2, 0) is 22.2 Å². The summed E-state index contributed by atoms with van der Waals surface area (Å²) >= 11 is 5.83. The predicted octanol–water partition coefficient (Wildman–Crippen LogP) is 1.01. The van der Waals surface area contributed by atoms with Gasteiger partial charge in [-0.2, -0.15) is 0 Å². The molecule has 1 aromatic rings. The van der Waals surface area contributed by atoms with Gasteiger partial charge in [-0.3, -0.25) is 9.36 Å². The van der Waals surface area contributed by atoms with Crippen molar-refractivity contribution in [1.29, 1.82) is 0 Å². The number of halogens is 1. The summed E-state index contributed by atoms with van der Waals surface area (Å²) in [6, 6.07) is 3.71. The average Bonchev–Trinajstić information content (AvgIpc) is 2.26. The number of carboxylic acid groups (broad SMARTS) is 1. The Kier molecular flexibility index (Phi) is 5.52. The molecule has 0 saturated carbocycles. The number of aryl methyl sites for hydroxylation is 1. The van der Waals surface area contributed by atoms with Gasteiger partial charge in [0.15, 0.2) is 0 Å². The Morgan fingerprint density at radius 1 is 1.37 bits per heavy atom. The summed E-state index contributed by atoms with van der Waals surface area (Å²) in [5.74, 6) is -1.14. The Morgan fingerprint density at radius 2 is 2.00 bits per heavy atom. The molecule has 1 atom stereocenters. The zero-order valence-electron chi connectivity index (χ0n) is 9.99. The molecule has 0 spiro atoms. The highest BCUT2D eigenvalue weighted by molar-refractivity contribution is 7.51. The maximum atomic E-state index is 10.9. The van der Waals surface area contributed by atoms with Crippen molar-refractivity contribution < 1.29 is 24.3 Å². The molecule has 0 heterocycles. The molecule has 0 unspecified atom stereocenters. The fraction of sp³-hybridized carbons (Fsp3) is 0.364. The van der Waals surface area contributed by atoms with Crippen LogP contribution in [0.1, 0.15) is 11.1 Å². The molecule has 0 amide bonds. The van der Waals surface area contributed by atoms with Gasteiger partial charge in [-0.05, 0) is 36.1 Å². The quantitative estimate of drug-likeness (QED) is 0.582. The Bertz CT molecular complexity index is 516. The van der Waals surface area contributed by atoms with E-state index in [0.29, 0.717) is 16.1 Å². The number of hydrogen-bond donors (Lipinski definition) is 4. The molecule has 8 heteroatoms. The normalized spacial score (nSPS) is 13.3. The minimum atomic E-state index is -4.10. The third-order valence-corrected chi connectivity index (χ3v) is 3.64. The van der Waals surface area contributed by atoms with E-state index in [1.165, 1.54) is 0 Å². The van der Waals surface area contributed by atoms with Crippen LogP contribution in [0.2, 0.25) is 5.02 Å². The molecule has 5 N–H and O–H groups in total. The lowest BCUT2D eigenvalue weighted by molar-refractivity contribution is -0.138. The van der Waals surface area contributed by atoms with Gasteiger partial charge < -0.3 is 20.6 Å². The van der Waals surface area contributed by atoms with Crippen molar-refractivity contribution in [3.05, 3.63) is 34.3 Å². The summed E-state index contributed by atoms with van der Waals surface area (Å²) in [7, 11) is -4.10. The number of aliphatic carboxylic acids is 1. The van der Waals surface area contributed by atoms with E-state index >= 15 is 0 Å². The van der Waals surface area contributed by atoms with Gasteiger partial charge >= 0.3 is 13.6 Å². The van der Waals surface area contributed by atoms with Crippen LogP contribution in [0.4, 0.5) is 0 Å². The fourth-order valence-electron chi connectivity index (χ4n) is 1.62. The summed E-state index contributed by atoms with van der Waals surface area (Å²) in [4.78, 5) is 28.5. The van der Waals surface area contributed by atoms with Gasteiger partial charge in [0.2, 0.25) is 0 Å². The number of carbonyl (C=O) groups is 1. The first-order valence-corrected chi connectivity index (χ1v) is 7.67. The van der Waals surface area contributed by atoms with E-state index in [-0.39, 0.29) is 19.0 Å². The molecule has 1 aromatic carbocycles. The lowest BCUT2D eigenvalue weighted by Crippen LogP contribution is -2.32. The Labute approximate surface area is 115 Å². The van der Waals surface area contributed by atoms with Crippen LogP contribution in [-0.4, -0.2) is 33.1 Å². The molecule has 0 aliphatic rings. The monoisotopic (exact) mass is 307 g/mol. The lowest BCUT2D eigenvalue weighted by Gasteiger charge is -2.13. The Hall–Kier alpha value is -0.910. The molecule has 0 radical (unpaired) electrons. The van der Waals surface area contributed by atoms with Crippen molar-refractivity contribution in [3.8, 4) is 0 Å². The van der Waals surface area contributed by atoms with Gasteiger partial charge in [-0.1, -0.05) is 17.7 Å². The van der Waals surface area contributed by atoms with Crippen molar-refractivity contribution >= 4 is 25.2 Å². The second-order valence-electron chi connectivity index (χ2n) is 4.20. The van der Waals surface area contributed by atoms with Crippen LogP contribution in [0.25, 0.3) is 0 Å². The highest BCUT2D eigenvalue weighted by Crippen LogP contribution is 2.35. The molecule has 0 fully saturated rings. The highest BCUT2D eigenvalue weighted by Gasteiger charge is 2.17. The number of rotatable bonds is 6. The first kappa shape index (κ1) is 16.1. The van der Waals surface area contributed by atoms with E-state index in [4.69, 9.17) is 32.2 Å². The summed E-state index contributed by atoms with van der Waals surface area (Å²) in [5.41, 5.74) is 6.69. The van der Waals surface area contributed by atoms with Gasteiger partial charge in [-0.15, -0.1) is 0 Å². The number of benzene rings is 1. The van der Waals surface area contributed by atoms with Crippen LogP contribution in [0, 0.1) is 0 Å². The van der Waals surface area contributed by atoms with Crippen molar-refractivity contribution in [2.24, 2.45) is 5.73 Å². The van der Waals surface area contributed by atoms with Gasteiger partial charge in [0.25, 0.3) is 0 Å². The van der Waals surface area contributed by atoms with Crippen LogP contribution >= 0.6 is 19.2 Å². The van der Waals surface area contributed by atoms with E-state index in [1.54, 1.807) is 18.2 Å². The Morgan fingerprint density at radius 3 is 2.53 bits per heavy atom. The molecule has 0 aliphatic carbocycles. The zero-order chi connectivity index (χ0) is 14.6. The molecule has 0 bridgehead atoms. The molecule has 1 rings (SSSR count). The zero-order valence-corrected chi connectivity index (χ0v) is 11.6. The molecule has 0 aromatic heterocycles. The molecule has 0 saturated heterocycles. The first-order valence-electron chi connectivity index (χ1n) is 5.49. The average molecular weight is 308 g/mol. The summed E-state index contributed by atoms with van der Waals surface area (Å²) < 4.78 is 10.9. The summed E-state index contributed by atoms with van der Waals surface area (Å²) in [5, 5.41) is 9.20.